The summed E-state index contributed by atoms with van der Waals surface area (Å²) in [4.78, 5) is 10.9. The summed E-state index contributed by atoms with van der Waals surface area (Å²) in [5.74, 6) is 0. The van der Waals surface area contributed by atoms with Crippen LogP contribution in [0, 0.1) is 0 Å². The monoisotopic (exact) mass is 255 g/mol. The fraction of sp³-hybridized carbons (Fsp3) is 0.286. The van der Waals surface area contributed by atoms with Gasteiger partial charge in [-0.3, -0.25) is 4.79 Å². The number of aryl methyl sites for hydroxylation is 1. The first-order valence-electron chi connectivity index (χ1n) is 3.26. The molecule has 0 aromatic carbocycles. The van der Waals surface area contributed by atoms with Crippen LogP contribution in [0.2, 0.25) is 0 Å². The first kappa shape index (κ1) is 10.3. The summed E-state index contributed by atoms with van der Waals surface area (Å²) in [6, 6.07) is 0.560. The third-order valence-electron chi connectivity index (χ3n) is 1.48. The highest BCUT2D eigenvalue weighted by atomic mass is 79.9. The highest BCUT2D eigenvalue weighted by molar-refractivity contribution is 9.10. The molecular formula is C7H5BrF3NO. The first-order valence-corrected chi connectivity index (χ1v) is 4.05. The number of hydrogen-bond acceptors (Lipinski definition) is 1. The molecule has 0 aliphatic carbocycles. The second-order valence-corrected chi connectivity index (χ2v) is 3.33. The van der Waals surface area contributed by atoms with Gasteiger partial charge in [-0.1, -0.05) is 0 Å². The number of hydrogen-bond donors (Lipinski definition) is 0. The number of alkyl halides is 3. The van der Waals surface area contributed by atoms with Gasteiger partial charge in [-0.15, -0.1) is 0 Å². The summed E-state index contributed by atoms with van der Waals surface area (Å²) in [7, 11) is 1.23. The summed E-state index contributed by atoms with van der Waals surface area (Å²) in [6.07, 6.45) is -3.40. The van der Waals surface area contributed by atoms with Crippen LogP contribution in [0.25, 0.3) is 0 Å². The Bertz CT molecular complexity index is 382. The molecule has 0 bridgehead atoms. The van der Waals surface area contributed by atoms with Crippen LogP contribution in [0.15, 0.2) is 21.5 Å². The van der Waals surface area contributed by atoms with Crippen molar-refractivity contribution in [2.75, 3.05) is 0 Å². The van der Waals surface area contributed by atoms with Gasteiger partial charge < -0.3 is 4.57 Å². The van der Waals surface area contributed by atoms with E-state index < -0.39 is 17.3 Å². The molecule has 13 heavy (non-hydrogen) atoms. The Labute approximate surface area is 80.1 Å². The Morgan fingerprint density at radius 2 is 2.00 bits per heavy atom. The molecule has 0 aliphatic rings. The van der Waals surface area contributed by atoms with E-state index in [0.717, 1.165) is 10.8 Å². The highest BCUT2D eigenvalue weighted by Gasteiger charge is 2.33. The predicted molar refractivity (Wildman–Crippen MR) is 44.4 cm³/mol. The molecule has 0 N–H and O–H groups in total. The minimum Gasteiger partial charge on any atom is -0.346 e. The van der Waals surface area contributed by atoms with Crippen LogP contribution in [-0.2, 0) is 13.2 Å². The number of halogens is 4. The minimum atomic E-state index is -4.49. The Morgan fingerprint density at radius 3 is 2.46 bits per heavy atom. The van der Waals surface area contributed by atoms with Gasteiger partial charge in [0.25, 0.3) is 0 Å². The Kier molecular flexibility index (Phi) is 2.51. The number of nitrogens with zero attached hydrogens (tertiary/aromatic N) is 1. The lowest BCUT2D eigenvalue weighted by atomic mass is 10.3. The van der Waals surface area contributed by atoms with Gasteiger partial charge in [-0.2, -0.15) is 13.2 Å². The van der Waals surface area contributed by atoms with Crippen molar-refractivity contribution in [1.29, 1.82) is 0 Å². The van der Waals surface area contributed by atoms with E-state index in [1.807, 2.05) is 0 Å². The van der Waals surface area contributed by atoms with Gasteiger partial charge in [-0.05, 0) is 15.9 Å². The van der Waals surface area contributed by atoms with Crippen LogP contribution in [0.4, 0.5) is 13.2 Å². The van der Waals surface area contributed by atoms with Crippen LogP contribution in [0.3, 0.4) is 0 Å². The molecule has 0 saturated carbocycles. The third kappa shape index (κ3) is 2.12. The normalized spacial score (nSPS) is 11.8. The zero-order valence-electron chi connectivity index (χ0n) is 6.52. The Morgan fingerprint density at radius 1 is 1.46 bits per heavy atom. The van der Waals surface area contributed by atoms with Crippen molar-refractivity contribution >= 4 is 15.9 Å². The highest BCUT2D eigenvalue weighted by Crippen LogP contribution is 2.28. The maximum atomic E-state index is 12.2. The maximum Gasteiger partial charge on any atom is 0.431 e. The molecule has 0 unspecified atom stereocenters. The second kappa shape index (κ2) is 3.17. The van der Waals surface area contributed by atoms with E-state index in [9.17, 15) is 18.0 Å². The number of pyridine rings is 1. The van der Waals surface area contributed by atoms with Crippen molar-refractivity contribution in [1.82, 2.24) is 4.57 Å². The molecule has 1 rings (SSSR count). The molecule has 6 heteroatoms. The fourth-order valence-corrected chi connectivity index (χ4v) is 1.30. The molecule has 0 saturated heterocycles. The van der Waals surface area contributed by atoms with Crippen molar-refractivity contribution in [2.24, 2.45) is 7.05 Å². The number of aromatic nitrogens is 1. The van der Waals surface area contributed by atoms with Gasteiger partial charge in [0, 0.05) is 19.3 Å². The lowest BCUT2D eigenvalue weighted by Crippen LogP contribution is -2.18. The third-order valence-corrected chi connectivity index (χ3v) is 2.08. The fourth-order valence-electron chi connectivity index (χ4n) is 0.880. The molecule has 0 spiro atoms. The molecule has 2 nitrogen and oxygen atoms in total. The standard InChI is InChI=1S/C7H5BrF3NO/c1-12-3-4(8)5(13)2-6(12)7(9,10)11/h2-3H,1H3. The second-order valence-electron chi connectivity index (χ2n) is 2.48. The van der Waals surface area contributed by atoms with Gasteiger partial charge in [-0.25, -0.2) is 0 Å². The summed E-state index contributed by atoms with van der Waals surface area (Å²) in [5, 5.41) is 0. The molecule has 0 aliphatic heterocycles. The lowest BCUT2D eigenvalue weighted by Gasteiger charge is -2.11. The average molecular weight is 256 g/mol. The van der Waals surface area contributed by atoms with Crippen molar-refractivity contribution in [2.45, 2.75) is 6.18 Å². The van der Waals surface area contributed by atoms with Crippen LogP contribution in [0.1, 0.15) is 5.69 Å². The van der Waals surface area contributed by atoms with Gasteiger partial charge in [0.2, 0.25) is 0 Å². The summed E-state index contributed by atoms with van der Waals surface area (Å²) >= 11 is 2.85. The van der Waals surface area contributed by atoms with E-state index in [1.165, 1.54) is 7.05 Å². The van der Waals surface area contributed by atoms with Crippen molar-refractivity contribution in [3.8, 4) is 0 Å². The molecule has 0 amide bonds. The van der Waals surface area contributed by atoms with Crippen molar-refractivity contribution in [3.63, 3.8) is 0 Å². The van der Waals surface area contributed by atoms with Gasteiger partial charge in [0.05, 0.1) is 4.47 Å². The van der Waals surface area contributed by atoms with Gasteiger partial charge >= 0.3 is 6.18 Å². The quantitative estimate of drug-likeness (QED) is 0.697. The molecule has 1 heterocycles. The van der Waals surface area contributed by atoms with Gasteiger partial charge in [0.15, 0.2) is 5.43 Å². The van der Waals surface area contributed by atoms with E-state index in [1.54, 1.807) is 0 Å². The summed E-state index contributed by atoms with van der Waals surface area (Å²) < 4.78 is 37.5. The Balaban J connectivity index is 3.41. The maximum absolute atomic E-state index is 12.2. The van der Waals surface area contributed by atoms with E-state index in [2.05, 4.69) is 15.9 Å². The zero-order valence-corrected chi connectivity index (χ0v) is 8.11. The predicted octanol–water partition coefficient (Wildman–Crippen LogP) is 2.17. The van der Waals surface area contributed by atoms with E-state index in [4.69, 9.17) is 0 Å². The molecule has 72 valence electrons. The topological polar surface area (TPSA) is 22.0 Å². The molecular weight excluding hydrogens is 251 g/mol. The SMILES string of the molecule is Cn1cc(Br)c(=O)cc1C(F)(F)F. The van der Waals surface area contributed by atoms with E-state index in [0.29, 0.717) is 6.07 Å². The number of rotatable bonds is 0. The van der Waals surface area contributed by atoms with Crippen LogP contribution in [0.5, 0.6) is 0 Å². The average Bonchev–Trinajstić information content (AvgIpc) is 1.94. The van der Waals surface area contributed by atoms with Crippen LogP contribution >= 0.6 is 15.9 Å². The smallest absolute Gasteiger partial charge is 0.346 e. The summed E-state index contributed by atoms with van der Waals surface area (Å²) in [6.45, 7) is 0. The largest absolute Gasteiger partial charge is 0.431 e. The van der Waals surface area contributed by atoms with Crippen LogP contribution < -0.4 is 5.43 Å². The minimum absolute atomic E-state index is 0.114. The van der Waals surface area contributed by atoms with Crippen molar-refractivity contribution in [3.05, 3.63) is 32.7 Å². The molecule has 1 aromatic heterocycles. The zero-order chi connectivity index (χ0) is 10.2. The van der Waals surface area contributed by atoms with Crippen LogP contribution in [-0.4, -0.2) is 4.57 Å². The van der Waals surface area contributed by atoms with E-state index >= 15 is 0 Å². The van der Waals surface area contributed by atoms with Gasteiger partial charge in [0.1, 0.15) is 5.69 Å². The molecule has 0 fully saturated rings. The Hall–Kier alpha value is -0.780. The summed E-state index contributed by atoms with van der Waals surface area (Å²) in [5.41, 5.74) is -1.63. The van der Waals surface area contributed by atoms with E-state index in [-0.39, 0.29) is 4.47 Å². The molecule has 1 aromatic rings. The van der Waals surface area contributed by atoms with Crippen molar-refractivity contribution < 1.29 is 13.2 Å². The molecule has 0 atom stereocenters. The first-order chi connectivity index (χ1) is 5.82. The molecule has 0 radical (unpaired) electrons. The lowest BCUT2D eigenvalue weighted by molar-refractivity contribution is -0.143.